The van der Waals surface area contributed by atoms with E-state index < -0.39 is 0 Å². The van der Waals surface area contributed by atoms with Gasteiger partial charge in [-0.25, -0.2) is 0 Å². The molecule has 6 heteroatoms. The number of ether oxygens (including phenoxy) is 1. The third-order valence-electron chi connectivity index (χ3n) is 5.46. The summed E-state index contributed by atoms with van der Waals surface area (Å²) >= 11 is 1.67. The molecule has 0 spiro atoms. The number of hydrogen-bond acceptors (Lipinski definition) is 4. The zero-order valence-corrected chi connectivity index (χ0v) is 17.7. The van der Waals surface area contributed by atoms with Crippen molar-refractivity contribution in [1.29, 1.82) is 0 Å². The molecule has 0 aliphatic carbocycles. The molecule has 0 bridgehead atoms. The van der Waals surface area contributed by atoms with Crippen molar-refractivity contribution in [3.05, 3.63) is 81.8 Å². The molecule has 1 aliphatic heterocycles. The number of thiophene rings is 1. The number of aromatic nitrogens is 1. The summed E-state index contributed by atoms with van der Waals surface area (Å²) in [6.07, 6.45) is 2.03. The monoisotopic (exact) mass is 409 g/mol. The smallest absolute Gasteiger partial charge is 0.234 e. The highest BCUT2D eigenvalue weighted by molar-refractivity contribution is 7.10. The van der Waals surface area contributed by atoms with Crippen LogP contribution in [-0.4, -0.2) is 41.7 Å². The summed E-state index contributed by atoms with van der Waals surface area (Å²) in [6, 6.07) is 16.6. The summed E-state index contributed by atoms with van der Waals surface area (Å²) in [6.45, 7) is 4.44. The molecule has 3 aromatic rings. The lowest BCUT2D eigenvalue weighted by molar-refractivity contribution is -0.125. The van der Waals surface area contributed by atoms with Crippen molar-refractivity contribution < 1.29 is 9.53 Å². The van der Waals surface area contributed by atoms with E-state index in [9.17, 15) is 4.79 Å². The van der Waals surface area contributed by atoms with Crippen LogP contribution in [-0.2, 0) is 16.6 Å². The molecular formula is C23H27N3O2S. The van der Waals surface area contributed by atoms with E-state index in [4.69, 9.17) is 4.74 Å². The molecule has 1 fully saturated rings. The molecule has 4 rings (SSSR count). The SMILES string of the molecule is Cc1ccc([C@@H](NC(=O)CN2CCOC[C@@H]2c2cccn2C)c2cccs2)cc1. The van der Waals surface area contributed by atoms with Crippen LogP contribution in [0.4, 0.5) is 0 Å². The van der Waals surface area contributed by atoms with Gasteiger partial charge in [-0.3, -0.25) is 9.69 Å². The van der Waals surface area contributed by atoms with Gasteiger partial charge < -0.3 is 14.6 Å². The topological polar surface area (TPSA) is 46.5 Å². The third-order valence-corrected chi connectivity index (χ3v) is 6.39. The summed E-state index contributed by atoms with van der Waals surface area (Å²) in [7, 11) is 2.03. The lowest BCUT2D eigenvalue weighted by Crippen LogP contribution is -2.46. The van der Waals surface area contributed by atoms with Crippen molar-refractivity contribution >= 4 is 17.2 Å². The second-order valence-corrected chi connectivity index (χ2v) is 8.51. The van der Waals surface area contributed by atoms with Crippen LogP contribution in [0.25, 0.3) is 0 Å². The number of carbonyl (C=O) groups is 1. The molecule has 5 nitrogen and oxygen atoms in total. The van der Waals surface area contributed by atoms with E-state index in [0.717, 1.165) is 17.0 Å². The predicted molar refractivity (Wildman–Crippen MR) is 116 cm³/mol. The number of hydrogen-bond donors (Lipinski definition) is 1. The number of benzene rings is 1. The molecule has 1 amide bonds. The summed E-state index contributed by atoms with van der Waals surface area (Å²) in [5, 5.41) is 5.32. The van der Waals surface area contributed by atoms with Gasteiger partial charge in [-0.2, -0.15) is 0 Å². The average Bonchev–Trinajstić information content (AvgIpc) is 3.39. The Kier molecular flexibility index (Phi) is 6.13. The highest BCUT2D eigenvalue weighted by Crippen LogP contribution is 2.27. The highest BCUT2D eigenvalue weighted by atomic mass is 32.1. The van der Waals surface area contributed by atoms with E-state index >= 15 is 0 Å². The summed E-state index contributed by atoms with van der Waals surface area (Å²) in [4.78, 5) is 16.4. The molecule has 152 valence electrons. The van der Waals surface area contributed by atoms with Gasteiger partial charge in [0.2, 0.25) is 5.91 Å². The number of amides is 1. The van der Waals surface area contributed by atoms with Crippen LogP contribution in [0.5, 0.6) is 0 Å². The van der Waals surface area contributed by atoms with Crippen molar-refractivity contribution in [2.45, 2.75) is 19.0 Å². The molecule has 29 heavy (non-hydrogen) atoms. The maximum Gasteiger partial charge on any atom is 0.234 e. The maximum absolute atomic E-state index is 13.1. The van der Waals surface area contributed by atoms with E-state index in [0.29, 0.717) is 19.8 Å². The third kappa shape index (κ3) is 4.61. The predicted octanol–water partition coefficient (Wildman–Crippen LogP) is 3.67. The number of nitrogens with zero attached hydrogens (tertiary/aromatic N) is 2. The quantitative estimate of drug-likeness (QED) is 0.676. The average molecular weight is 410 g/mol. The van der Waals surface area contributed by atoms with Gasteiger partial charge in [0.15, 0.2) is 0 Å². The van der Waals surface area contributed by atoms with E-state index in [1.165, 1.54) is 11.3 Å². The highest BCUT2D eigenvalue weighted by Gasteiger charge is 2.29. The Labute approximate surface area is 175 Å². The molecular weight excluding hydrogens is 382 g/mol. The first kappa shape index (κ1) is 19.9. The molecule has 1 saturated heterocycles. The van der Waals surface area contributed by atoms with Gasteiger partial charge in [-0.15, -0.1) is 11.3 Å². The lowest BCUT2D eigenvalue weighted by Gasteiger charge is -2.35. The van der Waals surface area contributed by atoms with E-state index in [1.54, 1.807) is 11.3 Å². The van der Waals surface area contributed by atoms with Crippen molar-refractivity contribution in [2.24, 2.45) is 7.05 Å². The van der Waals surface area contributed by atoms with Gasteiger partial charge in [-0.05, 0) is 36.1 Å². The Morgan fingerprint density at radius 1 is 1.24 bits per heavy atom. The Morgan fingerprint density at radius 2 is 2.07 bits per heavy atom. The second kappa shape index (κ2) is 8.95. The van der Waals surface area contributed by atoms with E-state index in [-0.39, 0.29) is 18.0 Å². The molecule has 1 N–H and O–H groups in total. The van der Waals surface area contributed by atoms with Gasteiger partial charge in [0.1, 0.15) is 0 Å². The van der Waals surface area contributed by atoms with Crippen LogP contribution in [0.2, 0.25) is 0 Å². The molecule has 1 aliphatic rings. The fourth-order valence-corrected chi connectivity index (χ4v) is 4.65. The van der Waals surface area contributed by atoms with Crippen LogP contribution in [0.3, 0.4) is 0 Å². The Bertz CT molecular complexity index is 933. The normalized spacial score (nSPS) is 18.5. The van der Waals surface area contributed by atoms with Crippen LogP contribution in [0, 0.1) is 6.92 Å². The maximum atomic E-state index is 13.1. The van der Waals surface area contributed by atoms with Gasteiger partial charge in [-0.1, -0.05) is 35.9 Å². The first-order valence-corrected chi connectivity index (χ1v) is 10.8. The molecule has 0 saturated carbocycles. The number of nitrogens with one attached hydrogen (secondary N) is 1. The fourth-order valence-electron chi connectivity index (χ4n) is 3.84. The number of morpholine rings is 1. The van der Waals surface area contributed by atoms with Crippen molar-refractivity contribution in [3.8, 4) is 0 Å². The van der Waals surface area contributed by atoms with Gasteiger partial charge >= 0.3 is 0 Å². The number of rotatable bonds is 6. The first-order chi connectivity index (χ1) is 14.1. The zero-order chi connectivity index (χ0) is 20.2. The molecule has 1 aromatic carbocycles. The fraction of sp³-hybridized carbons (Fsp3) is 0.348. The lowest BCUT2D eigenvalue weighted by atomic mass is 10.0. The summed E-state index contributed by atoms with van der Waals surface area (Å²) in [5.74, 6) is 0.0325. The zero-order valence-electron chi connectivity index (χ0n) is 16.9. The number of aryl methyl sites for hydroxylation is 2. The van der Waals surface area contributed by atoms with Gasteiger partial charge in [0, 0.05) is 30.4 Å². The molecule has 0 radical (unpaired) electrons. The van der Waals surface area contributed by atoms with Gasteiger partial charge in [0.05, 0.1) is 31.8 Å². The first-order valence-electron chi connectivity index (χ1n) is 9.94. The van der Waals surface area contributed by atoms with Crippen LogP contribution in [0.1, 0.15) is 33.8 Å². The Balaban J connectivity index is 1.50. The van der Waals surface area contributed by atoms with Crippen molar-refractivity contribution in [3.63, 3.8) is 0 Å². The minimum absolute atomic E-state index is 0.0325. The van der Waals surface area contributed by atoms with E-state index in [1.807, 2.05) is 25.4 Å². The minimum Gasteiger partial charge on any atom is -0.378 e. The van der Waals surface area contributed by atoms with E-state index in [2.05, 4.69) is 63.5 Å². The summed E-state index contributed by atoms with van der Waals surface area (Å²) < 4.78 is 7.81. The van der Waals surface area contributed by atoms with Crippen molar-refractivity contribution in [2.75, 3.05) is 26.3 Å². The number of carbonyl (C=O) groups excluding carboxylic acids is 1. The summed E-state index contributed by atoms with van der Waals surface area (Å²) in [5.41, 5.74) is 3.49. The minimum atomic E-state index is -0.127. The molecule has 3 heterocycles. The Morgan fingerprint density at radius 3 is 2.76 bits per heavy atom. The largest absolute Gasteiger partial charge is 0.378 e. The standard InChI is InChI=1S/C23H27N3O2S/c1-17-7-9-18(10-8-17)23(21-6-4-14-29-21)24-22(27)15-26-12-13-28-16-20(26)19-5-3-11-25(19)2/h3-11,14,20,23H,12-13,15-16H2,1-2H3,(H,24,27)/t20-,23-/m1/s1. The second-order valence-electron chi connectivity index (χ2n) is 7.53. The molecule has 0 unspecified atom stereocenters. The van der Waals surface area contributed by atoms with Gasteiger partial charge in [0.25, 0.3) is 0 Å². The van der Waals surface area contributed by atoms with Crippen LogP contribution in [0.15, 0.2) is 60.1 Å². The molecule has 2 aromatic heterocycles. The van der Waals surface area contributed by atoms with Crippen LogP contribution < -0.4 is 5.32 Å². The van der Waals surface area contributed by atoms with Crippen molar-refractivity contribution in [1.82, 2.24) is 14.8 Å². The molecule has 2 atom stereocenters. The Hall–Kier alpha value is -2.41. The van der Waals surface area contributed by atoms with Crippen LogP contribution >= 0.6 is 11.3 Å².